The van der Waals surface area contributed by atoms with Crippen molar-refractivity contribution in [1.82, 2.24) is 30.3 Å². The maximum absolute atomic E-state index is 9.97. The van der Waals surface area contributed by atoms with Gasteiger partial charge in [0.05, 0.1) is 11.0 Å². The maximum Gasteiger partial charge on any atom is 0.319 e. The summed E-state index contributed by atoms with van der Waals surface area (Å²) >= 11 is 0. The number of likely N-dealkylation sites (N-methyl/N-ethyl adjacent to an activating group) is 1. The van der Waals surface area contributed by atoms with E-state index in [1.165, 1.54) is 0 Å². The average molecular weight is 562 g/mol. The third-order valence-corrected chi connectivity index (χ3v) is 8.89. The molecule has 2 aliphatic heterocycles. The van der Waals surface area contributed by atoms with Crippen LogP contribution in [-0.2, 0) is 5.41 Å². The van der Waals surface area contributed by atoms with Crippen molar-refractivity contribution in [2.45, 2.75) is 90.3 Å². The number of aromatic nitrogens is 4. The maximum atomic E-state index is 9.97. The van der Waals surface area contributed by atoms with Crippen molar-refractivity contribution >= 4 is 5.82 Å². The van der Waals surface area contributed by atoms with E-state index in [1.807, 2.05) is 6.07 Å². The van der Waals surface area contributed by atoms with E-state index in [-0.39, 0.29) is 6.10 Å². The summed E-state index contributed by atoms with van der Waals surface area (Å²) in [6.07, 6.45) is 4.80. The molecule has 0 spiro atoms. The summed E-state index contributed by atoms with van der Waals surface area (Å²) in [4.78, 5) is 19.1. The standard InChI is InChI=1S/C30H43N9O2/c1-18-9-7-11-30(5,26(18)22(16-31)20(3)32)28-36-27(37-41-28)23-15-25(39-14-12-33-19(2)17-39)35-29(34-23)40-21(4)24-10-8-13-38(24)6/h15,19,21,24,33H,7-14,17,32H2,1-6H3/b22-20+/t19-,21+,24+,30+/m1/s1. The lowest BCUT2D eigenvalue weighted by Gasteiger charge is -2.34. The van der Waals surface area contributed by atoms with Crippen molar-refractivity contribution in [3.63, 3.8) is 0 Å². The fourth-order valence-electron chi connectivity index (χ4n) is 6.68. The highest BCUT2D eigenvalue weighted by molar-refractivity contribution is 5.58. The Morgan fingerprint density at radius 3 is 2.78 bits per heavy atom. The van der Waals surface area contributed by atoms with Crippen molar-refractivity contribution in [3.05, 3.63) is 34.4 Å². The molecule has 1 aliphatic carbocycles. The topological polar surface area (TPSA) is 142 Å². The molecule has 4 heterocycles. The van der Waals surface area contributed by atoms with Crippen LogP contribution in [0, 0.1) is 11.3 Å². The van der Waals surface area contributed by atoms with Gasteiger partial charge in [-0.15, -0.1) is 0 Å². The summed E-state index contributed by atoms with van der Waals surface area (Å²) in [5, 5.41) is 17.8. The van der Waals surface area contributed by atoms with Crippen molar-refractivity contribution in [1.29, 1.82) is 5.26 Å². The van der Waals surface area contributed by atoms with Gasteiger partial charge >= 0.3 is 6.01 Å². The van der Waals surface area contributed by atoms with Gasteiger partial charge in [-0.1, -0.05) is 10.7 Å². The van der Waals surface area contributed by atoms with Crippen LogP contribution in [0.4, 0.5) is 5.82 Å². The van der Waals surface area contributed by atoms with E-state index < -0.39 is 5.41 Å². The minimum Gasteiger partial charge on any atom is -0.459 e. The van der Waals surface area contributed by atoms with E-state index in [0.717, 1.165) is 75.2 Å². The number of rotatable bonds is 7. The zero-order chi connectivity index (χ0) is 29.3. The van der Waals surface area contributed by atoms with Crippen molar-refractivity contribution in [3.8, 4) is 23.6 Å². The van der Waals surface area contributed by atoms with Gasteiger partial charge in [0.25, 0.3) is 0 Å². The van der Waals surface area contributed by atoms with Gasteiger partial charge in [0.1, 0.15) is 23.7 Å². The van der Waals surface area contributed by atoms with E-state index in [0.29, 0.717) is 46.8 Å². The molecule has 2 saturated heterocycles. The number of hydrogen-bond donors (Lipinski definition) is 2. The Morgan fingerprint density at radius 2 is 2.10 bits per heavy atom. The fourth-order valence-corrected chi connectivity index (χ4v) is 6.68. The molecule has 2 aromatic rings. The SMILES string of the molecule is CC1=C(/C(C#N)=C(\C)N)[C@@](C)(c2nc(-c3cc(N4CCN[C@H](C)C4)nc(O[C@@H](C)[C@@H]4CCCN4C)n3)no2)CCC1. The van der Waals surface area contributed by atoms with E-state index in [2.05, 4.69) is 61.1 Å². The average Bonchev–Trinajstić information content (AvgIpc) is 3.60. The van der Waals surface area contributed by atoms with Gasteiger partial charge in [0.2, 0.25) is 11.7 Å². The first-order valence-corrected chi connectivity index (χ1v) is 14.8. The molecular formula is C30H43N9O2. The van der Waals surface area contributed by atoms with Crippen molar-refractivity contribution in [2.75, 3.05) is 38.1 Å². The molecule has 11 nitrogen and oxygen atoms in total. The summed E-state index contributed by atoms with van der Waals surface area (Å²) in [5.41, 5.74) is 9.06. The molecule has 3 aliphatic rings. The van der Waals surface area contributed by atoms with E-state index >= 15 is 0 Å². The number of nitriles is 1. The third kappa shape index (κ3) is 5.81. The van der Waals surface area contributed by atoms with Crippen molar-refractivity contribution in [2.24, 2.45) is 5.73 Å². The molecule has 11 heteroatoms. The molecule has 2 fully saturated rings. The van der Waals surface area contributed by atoms with E-state index in [1.54, 1.807) is 6.92 Å². The molecule has 0 saturated carbocycles. The van der Waals surface area contributed by atoms with Crippen LogP contribution in [0.3, 0.4) is 0 Å². The van der Waals surface area contributed by atoms with Crippen LogP contribution in [0.1, 0.15) is 72.6 Å². The van der Waals surface area contributed by atoms with Gasteiger partial charge in [-0.05, 0) is 85.9 Å². The second-order valence-electron chi connectivity index (χ2n) is 12.1. The summed E-state index contributed by atoms with van der Waals surface area (Å²) in [6.45, 7) is 13.7. The predicted molar refractivity (Wildman–Crippen MR) is 157 cm³/mol. The highest BCUT2D eigenvalue weighted by Crippen LogP contribution is 2.46. The number of nitrogens with zero attached hydrogens (tertiary/aromatic N) is 7. The van der Waals surface area contributed by atoms with Crippen LogP contribution >= 0.6 is 0 Å². The number of anilines is 1. The van der Waals surface area contributed by atoms with E-state index in [4.69, 9.17) is 29.9 Å². The molecule has 4 atom stereocenters. The first kappa shape index (κ1) is 29.0. The van der Waals surface area contributed by atoms with Crippen LogP contribution in [0.2, 0.25) is 0 Å². The number of nitrogens with two attached hydrogens (primary N) is 1. The highest BCUT2D eigenvalue weighted by atomic mass is 16.5. The Bertz CT molecular complexity index is 1370. The lowest BCUT2D eigenvalue weighted by molar-refractivity contribution is 0.112. The minimum absolute atomic E-state index is 0.0686. The molecule has 2 aromatic heterocycles. The highest BCUT2D eigenvalue weighted by Gasteiger charge is 2.42. The number of piperazine rings is 1. The molecule has 0 bridgehead atoms. The lowest BCUT2D eigenvalue weighted by Crippen LogP contribution is -2.49. The Kier molecular flexibility index (Phi) is 8.34. The van der Waals surface area contributed by atoms with Crippen LogP contribution in [0.15, 0.2) is 33.0 Å². The van der Waals surface area contributed by atoms with Crippen LogP contribution < -0.4 is 20.7 Å². The molecule has 5 rings (SSSR count). The van der Waals surface area contributed by atoms with E-state index in [9.17, 15) is 5.26 Å². The number of hydrogen-bond acceptors (Lipinski definition) is 11. The molecular weight excluding hydrogens is 518 g/mol. The first-order valence-electron chi connectivity index (χ1n) is 14.8. The molecule has 0 amide bonds. The normalized spacial score (nSPS) is 27.0. The monoisotopic (exact) mass is 561 g/mol. The quantitative estimate of drug-likeness (QED) is 0.478. The zero-order valence-electron chi connectivity index (χ0n) is 25.2. The second-order valence-corrected chi connectivity index (χ2v) is 12.1. The first-order chi connectivity index (χ1) is 19.6. The molecule has 0 unspecified atom stereocenters. The van der Waals surface area contributed by atoms with Gasteiger partial charge in [0, 0.05) is 43.5 Å². The Balaban J connectivity index is 1.52. The van der Waals surface area contributed by atoms with Crippen LogP contribution in [0.5, 0.6) is 6.01 Å². The smallest absolute Gasteiger partial charge is 0.319 e. The number of ether oxygens (including phenoxy) is 1. The summed E-state index contributed by atoms with van der Waals surface area (Å²) in [6, 6.07) is 5.20. The van der Waals surface area contributed by atoms with Gasteiger partial charge in [-0.25, -0.2) is 0 Å². The Labute approximate surface area is 242 Å². The van der Waals surface area contributed by atoms with Gasteiger partial charge in [0.15, 0.2) is 0 Å². The van der Waals surface area contributed by atoms with Crippen LogP contribution in [-0.4, -0.2) is 76.4 Å². The molecule has 0 radical (unpaired) electrons. The van der Waals surface area contributed by atoms with Gasteiger partial charge in [-0.2, -0.15) is 20.2 Å². The molecule has 41 heavy (non-hydrogen) atoms. The number of nitrogens with one attached hydrogen (secondary N) is 1. The fraction of sp³-hybridized carbons (Fsp3) is 0.633. The summed E-state index contributed by atoms with van der Waals surface area (Å²) < 4.78 is 12.3. The van der Waals surface area contributed by atoms with Gasteiger partial charge in [-0.3, -0.25) is 4.90 Å². The zero-order valence-corrected chi connectivity index (χ0v) is 25.2. The number of allylic oxidation sites excluding steroid dienone is 4. The summed E-state index contributed by atoms with van der Waals surface area (Å²) in [7, 11) is 2.14. The Hall–Kier alpha value is -3.49. The van der Waals surface area contributed by atoms with Crippen LogP contribution in [0.25, 0.3) is 11.5 Å². The molecule has 0 aromatic carbocycles. The molecule has 220 valence electrons. The summed E-state index contributed by atoms with van der Waals surface area (Å²) in [5.74, 6) is 1.61. The second kappa shape index (κ2) is 11.8. The lowest BCUT2D eigenvalue weighted by atomic mass is 9.68. The predicted octanol–water partition coefficient (Wildman–Crippen LogP) is 3.70. The van der Waals surface area contributed by atoms with Gasteiger partial charge < -0.3 is 25.2 Å². The van der Waals surface area contributed by atoms with Crippen molar-refractivity contribution < 1.29 is 9.26 Å². The minimum atomic E-state index is -0.635. The number of likely N-dealkylation sites (tertiary alicyclic amines) is 1. The largest absolute Gasteiger partial charge is 0.459 e. The Morgan fingerprint density at radius 1 is 1.29 bits per heavy atom. The molecule has 3 N–H and O–H groups in total. The third-order valence-electron chi connectivity index (χ3n) is 8.89.